The number of hydrogen-bond acceptors (Lipinski definition) is 4. The first-order valence-corrected chi connectivity index (χ1v) is 10.7. The molecular formula is C21H35IN6O. The van der Waals surface area contributed by atoms with Gasteiger partial charge in [-0.05, 0) is 31.9 Å². The van der Waals surface area contributed by atoms with Crippen molar-refractivity contribution >= 4 is 41.7 Å². The lowest BCUT2D eigenvalue weighted by Crippen LogP contribution is -2.52. The molecule has 2 N–H and O–H groups in total. The van der Waals surface area contributed by atoms with E-state index in [4.69, 9.17) is 4.99 Å². The molecule has 0 spiro atoms. The highest BCUT2D eigenvalue weighted by Crippen LogP contribution is 2.17. The van der Waals surface area contributed by atoms with Crippen LogP contribution in [0.3, 0.4) is 0 Å². The smallest absolute Gasteiger partial charge is 0.222 e. The van der Waals surface area contributed by atoms with Crippen LogP contribution in [-0.4, -0.2) is 67.1 Å². The molecule has 1 aromatic heterocycles. The summed E-state index contributed by atoms with van der Waals surface area (Å²) in [7, 11) is 0. The summed E-state index contributed by atoms with van der Waals surface area (Å²) in [5.74, 6) is 2.07. The van der Waals surface area contributed by atoms with Crippen molar-refractivity contribution in [2.45, 2.75) is 51.5 Å². The maximum absolute atomic E-state index is 12.2. The molecular weight excluding hydrogens is 479 g/mol. The zero-order valence-electron chi connectivity index (χ0n) is 17.5. The number of nitrogens with zero attached hydrogens (tertiary/aromatic N) is 4. The fourth-order valence-electron chi connectivity index (χ4n) is 3.92. The van der Waals surface area contributed by atoms with E-state index in [1.54, 1.807) is 0 Å². The molecule has 7 nitrogen and oxygen atoms in total. The molecule has 0 aromatic carbocycles. The van der Waals surface area contributed by atoms with Gasteiger partial charge in [0.05, 0.1) is 6.54 Å². The van der Waals surface area contributed by atoms with Crippen LogP contribution in [0.1, 0.15) is 45.4 Å². The fourth-order valence-corrected chi connectivity index (χ4v) is 3.92. The zero-order chi connectivity index (χ0) is 19.6. The molecule has 1 aliphatic heterocycles. The van der Waals surface area contributed by atoms with E-state index in [2.05, 4.69) is 38.4 Å². The van der Waals surface area contributed by atoms with Crippen LogP contribution in [0, 0.1) is 0 Å². The van der Waals surface area contributed by atoms with Crippen LogP contribution in [0.25, 0.3) is 0 Å². The third kappa shape index (κ3) is 7.64. The van der Waals surface area contributed by atoms with Crippen molar-refractivity contribution in [1.82, 2.24) is 20.5 Å². The van der Waals surface area contributed by atoms with Crippen molar-refractivity contribution < 1.29 is 4.79 Å². The summed E-state index contributed by atoms with van der Waals surface area (Å²) in [4.78, 5) is 25.9. The van der Waals surface area contributed by atoms with Crippen LogP contribution in [-0.2, 0) is 4.79 Å². The van der Waals surface area contributed by atoms with E-state index < -0.39 is 0 Å². The van der Waals surface area contributed by atoms with Gasteiger partial charge in [0, 0.05) is 51.4 Å². The molecule has 2 aliphatic rings. The highest BCUT2D eigenvalue weighted by molar-refractivity contribution is 14.0. The van der Waals surface area contributed by atoms with Crippen LogP contribution >= 0.6 is 24.0 Å². The van der Waals surface area contributed by atoms with E-state index in [9.17, 15) is 4.79 Å². The molecule has 1 saturated carbocycles. The standard InChI is InChI=1S/C21H34N6O.HI/c1-2-22-21(24-13-11-20(28)25-18-8-4-3-5-9-18)27-16-14-26(15-17-27)19-10-6-7-12-23-19;/h6-7,10,12,18H,2-5,8-9,11,13-17H2,1H3,(H,22,24)(H,25,28);1H. The van der Waals surface area contributed by atoms with Crippen molar-refractivity contribution in [3.8, 4) is 0 Å². The van der Waals surface area contributed by atoms with Gasteiger partial charge >= 0.3 is 0 Å². The summed E-state index contributed by atoms with van der Waals surface area (Å²) in [6, 6.07) is 6.40. The summed E-state index contributed by atoms with van der Waals surface area (Å²) < 4.78 is 0. The minimum Gasteiger partial charge on any atom is -0.357 e. The Morgan fingerprint density at radius 3 is 2.59 bits per heavy atom. The molecule has 29 heavy (non-hydrogen) atoms. The lowest BCUT2D eigenvalue weighted by Gasteiger charge is -2.37. The van der Waals surface area contributed by atoms with Crippen molar-refractivity contribution in [2.75, 3.05) is 44.2 Å². The van der Waals surface area contributed by atoms with Crippen LogP contribution < -0.4 is 15.5 Å². The molecule has 0 atom stereocenters. The third-order valence-electron chi connectivity index (χ3n) is 5.46. The molecule has 1 saturated heterocycles. The van der Waals surface area contributed by atoms with E-state index in [0.29, 0.717) is 19.0 Å². The Morgan fingerprint density at radius 1 is 1.17 bits per heavy atom. The minimum absolute atomic E-state index is 0. The first-order chi connectivity index (χ1) is 13.8. The van der Waals surface area contributed by atoms with Crippen LogP contribution in [0.15, 0.2) is 29.4 Å². The molecule has 1 aliphatic carbocycles. The van der Waals surface area contributed by atoms with E-state index in [1.165, 1.54) is 19.3 Å². The number of pyridine rings is 1. The Kier molecular flexibility index (Phi) is 10.5. The number of hydrogen-bond donors (Lipinski definition) is 2. The van der Waals surface area contributed by atoms with Gasteiger partial charge in [0.15, 0.2) is 5.96 Å². The SMILES string of the molecule is CCNC(=NCCC(=O)NC1CCCCC1)N1CCN(c2ccccn2)CC1.I. The second-order valence-electron chi connectivity index (χ2n) is 7.55. The molecule has 0 bridgehead atoms. The molecule has 8 heteroatoms. The predicted octanol–water partition coefficient (Wildman–Crippen LogP) is 2.63. The summed E-state index contributed by atoms with van der Waals surface area (Å²) in [6.45, 7) is 7.07. The van der Waals surface area contributed by atoms with Crippen molar-refractivity contribution in [1.29, 1.82) is 0 Å². The average molecular weight is 514 g/mol. The number of amides is 1. The van der Waals surface area contributed by atoms with Crippen LogP contribution in [0.5, 0.6) is 0 Å². The van der Waals surface area contributed by atoms with Gasteiger partial charge in [-0.15, -0.1) is 24.0 Å². The number of rotatable bonds is 6. The summed E-state index contributed by atoms with van der Waals surface area (Å²) in [5, 5.41) is 6.54. The number of piperazine rings is 1. The molecule has 3 rings (SSSR count). The largest absolute Gasteiger partial charge is 0.357 e. The average Bonchev–Trinajstić information content (AvgIpc) is 2.75. The molecule has 1 aromatic rings. The van der Waals surface area contributed by atoms with Gasteiger partial charge in [-0.3, -0.25) is 9.79 Å². The van der Waals surface area contributed by atoms with Gasteiger partial charge < -0.3 is 20.4 Å². The van der Waals surface area contributed by atoms with Gasteiger partial charge in [0.1, 0.15) is 5.82 Å². The van der Waals surface area contributed by atoms with Crippen LogP contribution in [0.4, 0.5) is 5.82 Å². The summed E-state index contributed by atoms with van der Waals surface area (Å²) in [5.41, 5.74) is 0. The van der Waals surface area contributed by atoms with Gasteiger partial charge in [0.2, 0.25) is 5.91 Å². The minimum atomic E-state index is 0. The molecule has 1 amide bonds. The van der Waals surface area contributed by atoms with Crippen molar-refractivity contribution in [2.24, 2.45) is 4.99 Å². The van der Waals surface area contributed by atoms with Gasteiger partial charge in [-0.25, -0.2) is 4.98 Å². The summed E-state index contributed by atoms with van der Waals surface area (Å²) in [6.07, 6.45) is 8.31. The van der Waals surface area contributed by atoms with Crippen molar-refractivity contribution in [3.63, 3.8) is 0 Å². The first-order valence-electron chi connectivity index (χ1n) is 10.7. The van der Waals surface area contributed by atoms with E-state index in [1.807, 2.05) is 18.3 Å². The number of aliphatic imine (C=N–C) groups is 1. The highest BCUT2D eigenvalue weighted by atomic mass is 127. The zero-order valence-corrected chi connectivity index (χ0v) is 19.8. The van der Waals surface area contributed by atoms with Gasteiger partial charge in [0.25, 0.3) is 0 Å². The van der Waals surface area contributed by atoms with E-state index in [-0.39, 0.29) is 29.9 Å². The number of guanidine groups is 1. The fraction of sp³-hybridized carbons (Fsp3) is 0.667. The lowest BCUT2D eigenvalue weighted by molar-refractivity contribution is -0.121. The number of anilines is 1. The number of aromatic nitrogens is 1. The molecule has 162 valence electrons. The second kappa shape index (κ2) is 12.9. The first kappa shape index (κ1) is 23.7. The molecule has 0 unspecified atom stereocenters. The number of carbonyl (C=O) groups excluding carboxylic acids is 1. The Morgan fingerprint density at radius 2 is 1.93 bits per heavy atom. The topological polar surface area (TPSA) is 72.9 Å². The quantitative estimate of drug-likeness (QED) is 0.347. The molecule has 2 heterocycles. The summed E-state index contributed by atoms with van der Waals surface area (Å²) >= 11 is 0. The maximum Gasteiger partial charge on any atom is 0.222 e. The Balaban J connectivity index is 0.00000300. The van der Waals surface area contributed by atoms with Gasteiger partial charge in [-0.1, -0.05) is 25.3 Å². The van der Waals surface area contributed by atoms with E-state index in [0.717, 1.165) is 57.3 Å². The van der Waals surface area contributed by atoms with Gasteiger partial charge in [-0.2, -0.15) is 0 Å². The Labute approximate surface area is 191 Å². The molecule has 0 radical (unpaired) electrons. The third-order valence-corrected chi connectivity index (χ3v) is 5.46. The number of halogens is 1. The maximum atomic E-state index is 12.2. The monoisotopic (exact) mass is 514 g/mol. The second-order valence-corrected chi connectivity index (χ2v) is 7.55. The number of nitrogens with one attached hydrogen (secondary N) is 2. The molecule has 2 fully saturated rings. The van der Waals surface area contributed by atoms with Crippen LogP contribution in [0.2, 0.25) is 0 Å². The Bertz CT molecular complexity index is 627. The number of carbonyl (C=O) groups is 1. The predicted molar refractivity (Wildman–Crippen MR) is 129 cm³/mol. The lowest BCUT2D eigenvalue weighted by atomic mass is 9.95. The normalized spacial score (nSPS) is 18.2. The highest BCUT2D eigenvalue weighted by Gasteiger charge is 2.20. The van der Waals surface area contributed by atoms with E-state index >= 15 is 0 Å². The Hall–Kier alpha value is -1.58. The van der Waals surface area contributed by atoms with Crippen molar-refractivity contribution in [3.05, 3.63) is 24.4 Å².